The number of aliphatic hydroxyl groups is 1. The molecule has 7 heteroatoms. The van der Waals surface area contributed by atoms with Gasteiger partial charge in [0.1, 0.15) is 17.3 Å². The molecule has 1 unspecified atom stereocenters. The largest absolute Gasteiger partial charge is 0.507 e. The van der Waals surface area contributed by atoms with Crippen LogP contribution < -0.4 is 4.74 Å². The van der Waals surface area contributed by atoms with Crippen molar-refractivity contribution in [1.29, 1.82) is 0 Å². The van der Waals surface area contributed by atoms with Crippen LogP contribution in [0.4, 0.5) is 0 Å². The van der Waals surface area contributed by atoms with Gasteiger partial charge in [0.05, 0.1) is 11.6 Å². The van der Waals surface area contributed by atoms with Gasteiger partial charge in [0.25, 0.3) is 11.7 Å². The molecule has 1 aliphatic heterocycles. The molecule has 168 valence electrons. The van der Waals surface area contributed by atoms with Crippen LogP contribution in [-0.2, 0) is 9.59 Å². The summed E-state index contributed by atoms with van der Waals surface area (Å²) in [5, 5.41) is 11.1. The fourth-order valence-electron chi connectivity index (χ4n) is 3.80. The van der Waals surface area contributed by atoms with Crippen LogP contribution in [0, 0.1) is 0 Å². The predicted molar refractivity (Wildman–Crippen MR) is 125 cm³/mol. The molecule has 0 radical (unpaired) electrons. The lowest BCUT2D eigenvalue weighted by molar-refractivity contribution is -0.140. The molecule has 1 atom stereocenters. The second-order valence-electron chi connectivity index (χ2n) is 8.02. The van der Waals surface area contributed by atoms with Crippen molar-refractivity contribution in [3.63, 3.8) is 0 Å². The Morgan fingerprint density at radius 1 is 1.00 bits per heavy atom. The standard InChI is InChI=1S/C26H25N3O4/c1-28(2)15-16-29-23(19-7-6-10-21(17-19)33-20-8-4-3-5-9-20)22(25(31)26(29)32)24(30)18-11-13-27-14-12-18/h3-14,17,23,30H,15-16H2,1-2H3/b24-22+. The number of likely N-dealkylation sites (tertiary alicyclic amines) is 1. The summed E-state index contributed by atoms with van der Waals surface area (Å²) >= 11 is 0. The maximum Gasteiger partial charge on any atom is 0.295 e. The zero-order valence-corrected chi connectivity index (χ0v) is 18.5. The smallest absolute Gasteiger partial charge is 0.295 e. The molecule has 0 saturated carbocycles. The first-order valence-electron chi connectivity index (χ1n) is 10.6. The molecule has 2 aromatic carbocycles. The lowest BCUT2D eigenvalue weighted by Gasteiger charge is -2.26. The molecule has 3 aromatic rings. The summed E-state index contributed by atoms with van der Waals surface area (Å²) in [6.07, 6.45) is 3.06. The zero-order chi connectivity index (χ0) is 23.4. The number of nitrogens with zero attached hydrogens (tertiary/aromatic N) is 3. The number of hydrogen-bond acceptors (Lipinski definition) is 6. The summed E-state index contributed by atoms with van der Waals surface area (Å²) in [4.78, 5) is 33.5. The lowest BCUT2D eigenvalue weighted by Crippen LogP contribution is -2.35. The fraction of sp³-hybridized carbons (Fsp3) is 0.192. The van der Waals surface area contributed by atoms with Crippen molar-refractivity contribution in [3.8, 4) is 11.5 Å². The quantitative estimate of drug-likeness (QED) is 0.339. The van der Waals surface area contributed by atoms with Gasteiger partial charge in [-0.2, -0.15) is 0 Å². The molecule has 1 fully saturated rings. The van der Waals surface area contributed by atoms with Gasteiger partial charge >= 0.3 is 0 Å². The molecular formula is C26H25N3O4. The third-order valence-corrected chi connectivity index (χ3v) is 5.43. The molecule has 4 rings (SSSR count). The number of likely N-dealkylation sites (N-methyl/N-ethyl adjacent to an activating group) is 1. The third kappa shape index (κ3) is 4.78. The van der Waals surface area contributed by atoms with E-state index in [1.165, 1.54) is 17.3 Å². The number of rotatable bonds is 7. The highest BCUT2D eigenvalue weighted by atomic mass is 16.5. The Bertz CT molecular complexity index is 1180. The van der Waals surface area contributed by atoms with E-state index in [1.54, 1.807) is 18.2 Å². The number of benzene rings is 2. The molecule has 7 nitrogen and oxygen atoms in total. The first kappa shape index (κ1) is 22.2. The van der Waals surface area contributed by atoms with E-state index >= 15 is 0 Å². The van der Waals surface area contributed by atoms with E-state index in [9.17, 15) is 14.7 Å². The van der Waals surface area contributed by atoms with Crippen molar-refractivity contribution >= 4 is 17.4 Å². The number of amides is 1. The Morgan fingerprint density at radius 3 is 2.39 bits per heavy atom. The van der Waals surface area contributed by atoms with Crippen LogP contribution in [0.25, 0.3) is 5.76 Å². The van der Waals surface area contributed by atoms with Crippen LogP contribution in [0.2, 0.25) is 0 Å². The first-order valence-corrected chi connectivity index (χ1v) is 10.6. The fourth-order valence-corrected chi connectivity index (χ4v) is 3.80. The molecule has 1 amide bonds. The minimum absolute atomic E-state index is 0.0572. The number of ether oxygens (including phenoxy) is 1. The van der Waals surface area contributed by atoms with Crippen molar-refractivity contribution < 1.29 is 19.4 Å². The topological polar surface area (TPSA) is 83.0 Å². The zero-order valence-electron chi connectivity index (χ0n) is 18.5. The van der Waals surface area contributed by atoms with Crippen LogP contribution >= 0.6 is 0 Å². The van der Waals surface area contributed by atoms with Gasteiger partial charge in [-0.15, -0.1) is 0 Å². The number of ketones is 1. The van der Waals surface area contributed by atoms with Crippen molar-refractivity contribution in [3.05, 3.63) is 95.8 Å². The highest BCUT2D eigenvalue weighted by molar-refractivity contribution is 6.46. The molecule has 0 spiro atoms. The monoisotopic (exact) mass is 443 g/mol. The minimum Gasteiger partial charge on any atom is -0.507 e. The molecule has 0 aliphatic carbocycles. The Morgan fingerprint density at radius 2 is 1.70 bits per heavy atom. The van der Waals surface area contributed by atoms with Gasteiger partial charge in [-0.05, 0) is 56.1 Å². The van der Waals surface area contributed by atoms with Gasteiger partial charge in [-0.1, -0.05) is 30.3 Å². The van der Waals surface area contributed by atoms with E-state index in [2.05, 4.69) is 4.98 Å². The Hall–Kier alpha value is -3.97. The van der Waals surface area contributed by atoms with Crippen molar-refractivity contribution in [2.24, 2.45) is 0 Å². The van der Waals surface area contributed by atoms with Gasteiger partial charge in [0, 0.05) is 31.0 Å². The highest BCUT2D eigenvalue weighted by Gasteiger charge is 2.46. The first-order chi connectivity index (χ1) is 16.0. The second-order valence-corrected chi connectivity index (χ2v) is 8.02. The minimum atomic E-state index is -0.738. The number of para-hydroxylation sites is 1. The number of Topliss-reactive ketones (excluding diaryl/α,β-unsaturated/α-hetero) is 1. The van der Waals surface area contributed by atoms with E-state index < -0.39 is 17.7 Å². The summed E-state index contributed by atoms with van der Waals surface area (Å²) in [5.41, 5.74) is 1.16. The summed E-state index contributed by atoms with van der Waals surface area (Å²) in [7, 11) is 3.80. The number of carbonyl (C=O) groups is 2. The maximum atomic E-state index is 13.1. The van der Waals surface area contributed by atoms with Crippen LogP contribution in [-0.4, -0.2) is 58.8 Å². The summed E-state index contributed by atoms with van der Waals surface area (Å²) in [6.45, 7) is 0.901. The number of carbonyl (C=O) groups excluding carboxylic acids is 2. The van der Waals surface area contributed by atoms with Gasteiger partial charge in [0.2, 0.25) is 0 Å². The normalized spacial score (nSPS) is 17.5. The van der Waals surface area contributed by atoms with Crippen molar-refractivity contribution in [2.45, 2.75) is 6.04 Å². The Kier molecular flexibility index (Phi) is 6.51. The summed E-state index contributed by atoms with van der Waals surface area (Å²) < 4.78 is 5.96. The van der Waals surface area contributed by atoms with Crippen LogP contribution in [0.1, 0.15) is 17.2 Å². The number of aromatic nitrogens is 1. The van der Waals surface area contributed by atoms with E-state index in [0.29, 0.717) is 35.7 Å². The van der Waals surface area contributed by atoms with Gasteiger partial charge in [-0.3, -0.25) is 14.6 Å². The maximum absolute atomic E-state index is 13.1. The number of hydrogen-bond donors (Lipinski definition) is 1. The van der Waals surface area contributed by atoms with Gasteiger partial charge in [-0.25, -0.2) is 0 Å². The molecule has 33 heavy (non-hydrogen) atoms. The van der Waals surface area contributed by atoms with Gasteiger partial charge < -0.3 is 19.6 Å². The molecule has 2 heterocycles. The Labute approximate surface area is 192 Å². The van der Waals surface area contributed by atoms with Gasteiger partial charge in [0.15, 0.2) is 0 Å². The summed E-state index contributed by atoms with van der Waals surface area (Å²) in [5.74, 6) is -0.314. The molecule has 1 aliphatic rings. The van der Waals surface area contributed by atoms with E-state index in [-0.39, 0.29) is 11.3 Å². The van der Waals surface area contributed by atoms with Crippen LogP contribution in [0.15, 0.2) is 84.7 Å². The lowest BCUT2D eigenvalue weighted by atomic mass is 9.95. The SMILES string of the molecule is CN(C)CCN1C(=O)C(=O)/C(=C(/O)c2ccncc2)C1c1cccc(Oc2ccccc2)c1. The van der Waals surface area contributed by atoms with E-state index in [0.717, 1.165) is 0 Å². The van der Waals surface area contributed by atoms with Crippen LogP contribution in [0.3, 0.4) is 0 Å². The van der Waals surface area contributed by atoms with Crippen molar-refractivity contribution in [2.75, 3.05) is 27.2 Å². The summed E-state index contributed by atoms with van der Waals surface area (Å²) in [6, 6.07) is 19.1. The molecule has 1 aromatic heterocycles. The predicted octanol–water partition coefficient (Wildman–Crippen LogP) is 3.86. The average Bonchev–Trinajstić information content (AvgIpc) is 3.08. The molecule has 1 saturated heterocycles. The molecular weight excluding hydrogens is 418 g/mol. The average molecular weight is 444 g/mol. The highest BCUT2D eigenvalue weighted by Crippen LogP contribution is 2.40. The molecule has 1 N–H and O–H groups in total. The Balaban J connectivity index is 1.79. The van der Waals surface area contributed by atoms with Crippen LogP contribution in [0.5, 0.6) is 11.5 Å². The van der Waals surface area contributed by atoms with E-state index in [4.69, 9.17) is 4.74 Å². The van der Waals surface area contributed by atoms with E-state index in [1.807, 2.05) is 67.5 Å². The third-order valence-electron chi connectivity index (χ3n) is 5.43. The second kappa shape index (κ2) is 9.67. The number of pyridine rings is 1. The van der Waals surface area contributed by atoms with Crippen molar-refractivity contribution in [1.82, 2.24) is 14.8 Å². The molecule has 0 bridgehead atoms. The number of aliphatic hydroxyl groups excluding tert-OH is 1.